The van der Waals surface area contributed by atoms with Crippen LogP contribution in [0.2, 0.25) is 0 Å². The minimum absolute atomic E-state index is 0.0609. The Morgan fingerprint density at radius 3 is 1.64 bits per heavy atom. The molecule has 56 heavy (non-hydrogen) atoms. The fourth-order valence-corrected chi connectivity index (χ4v) is 9.35. The molecule has 6 nitrogen and oxygen atoms in total. The highest BCUT2D eigenvalue weighted by Crippen LogP contribution is 2.54. The summed E-state index contributed by atoms with van der Waals surface area (Å²) < 4.78 is 12.5. The summed E-state index contributed by atoms with van der Waals surface area (Å²) in [7, 11) is 0. The second kappa shape index (κ2) is 11.9. The van der Waals surface area contributed by atoms with Gasteiger partial charge in [-0.1, -0.05) is 101 Å². The molecule has 0 spiro atoms. The summed E-state index contributed by atoms with van der Waals surface area (Å²) in [5.74, 6) is 1.28. The van der Waals surface area contributed by atoms with Crippen LogP contribution in [0.3, 0.4) is 0 Å². The zero-order chi connectivity index (χ0) is 37.8. The van der Waals surface area contributed by atoms with Crippen LogP contribution in [0.5, 0.6) is 0 Å². The van der Waals surface area contributed by atoms with Gasteiger partial charge in [-0.05, 0) is 101 Å². The van der Waals surface area contributed by atoms with E-state index in [0.717, 1.165) is 39.7 Å². The Kier molecular flexibility index (Phi) is 6.97. The molecule has 2 aromatic heterocycles. The molecular weight excluding hydrogens is 689 g/mol. The zero-order valence-corrected chi connectivity index (χ0v) is 31.8. The number of oxazole rings is 2. The van der Waals surface area contributed by atoms with Crippen molar-refractivity contribution in [1.82, 2.24) is 9.97 Å². The van der Waals surface area contributed by atoms with Crippen LogP contribution in [-0.2, 0) is 10.8 Å². The van der Waals surface area contributed by atoms with Gasteiger partial charge >= 0.3 is 0 Å². The predicted molar refractivity (Wildman–Crippen MR) is 226 cm³/mol. The molecule has 3 aliphatic rings. The highest BCUT2D eigenvalue weighted by molar-refractivity contribution is 5.86. The number of anilines is 4. The minimum Gasteiger partial charge on any atom is -0.436 e. The van der Waals surface area contributed by atoms with Gasteiger partial charge in [0.1, 0.15) is 11.0 Å². The zero-order valence-electron chi connectivity index (χ0n) is 31.8. The number of para-hydroxylation sites is 6. The lowest BCUT2D eigenvalue weighted by Crippen LogP contribution is -2.41. The Balaban J connectivity index is 1.01. The maximum atomic E-state index is 6.27. The van der Waals surface area contributed by atoms with E-state index < -0.39 is 0 Å². The first-order valence-corrected chi connectivity index (χ1v) is 19.4. The second-order valence-corrected chi connectivity index (χ2v) is 16.2. The molecule has 0 amide bonds. The van der Waals surface area contributed by atoms with Gasteiger partial charge in [0.15, 0.2) is 11.2 Å². The van der Waals surface area contributed by atoms with Crippen molar-refractivity contribution in [2.45, 2.75) is 51.0 Å². The number of hydrogen-bond acceptors (Lipinski definition) is 6. The molecule has 2 aliphatic heterocycles. The Labute approximate surface area is 326 Å². The van der Waals surface area contributed by atoms with Gasteiger partial charge in [0.25, 0.3) is 0 Å². The summed E-state index contributed by atoms with van der Waals surface area (Å²) in [6.07, 6.45) is 7.70. The van der Waals surface area contributed by atoms with Gasteiger partial charge in [-0.3, -0.25) is 0 Å². The van der Waals surface area contributed by atoms with E-state index in [1.807, 2.05) is 48.5 Å². The number of fused-ring (bicyclic) bond motifs is 6. The van der Waals surface area contributed by atoms with E-state index in [1.54, 1.807) is 0 Å². The Bertz CT molecular complexity index is 2880. The topological polar surface area (TPSA) is 58.5 Å². The predicted octanol–water partition coefficient (Wildman–Crippen LogP) is 12.8. The molecular formula is C50H40N4O2. The van der Waals surface area contributed by atoms with Crippen molar-refractivity contribution in [2.75, 3.05) is 9.80 Å². The maximum Gasteiger partial charge on any atom is 0.227 e. The van der Waals surface area contributed by atoms with Crippen LogP contribution in [0.15, 0.2) is 166 Å². The molecule has 0 bridgehead atoms. The first-order chi connectivity index (χ1) is 27.3. The van der Waals surface area contributed by atoms with Crippen molar-refractivity contribution in [2.24, 2.45) is 0 Å². The van der Waals surface area contributed by atoms with Crippen molar-refractivity contribution in [3.8, 4) is 22.9 Å². The number of hydrogen-bond donors (Lipinski definition) is 0. The lowest BCUT2D eigenvalue weighted by molar-refractivity contribution is 0.604. The maximum absolute atomic E-state index is 6.27. The first kappa shape index (κ1) is 32.7. The van der Waals surface area contributed by atoms with Gasteiger partial charge < -0.3 is 18.6 Å². The highest BCUT2D eigenvalue weighted by Gasteiger charge is 2.42. The average molecular weight is 729 g/mol. The molecule has 1 aliphatic carbocycles. The van der Waals surface area contributed by atoms with Gasteiger partial charge in [0, 0.05) is 56.8 Å². The third-order valence-electron chi connectivity index (χ3n) is 12.2. The average Bonchev–Trinajstić information content (AvgIpc) is 3.87. The number of benzene rings is 6. The molecule has 11 rings (SSSR count). The van der Waals surface area contributed by atoms with Crippen LogP contribution in [-0.4, -0.2) is 16.0 Å². The van der Waals surface area contributed by atoms with Crippen LogP contribution in [0.25, 0.3) is 45.1 Å². The monoisotopic (exact) mass is 728 g/mol. The molecule has 272 valence electrons. The summed E-state index contributed by atoms with van der Waals surface area (Å²) in [5.41, 5.74) is 15.9. The number of allylic oxidation sites excluding steroid dienone is 2. The van der Waals surface area contributed by atoms with Crippen molar-refractivity contribution in [3.05, 3.63) is 180 Å². The van der Waals surface area contributed by atoms with Crippen molar-refractivity contribution >= 4 is 44.9 Å². The molecule has 0 fully saturated rings. The molecule has 0 saturated carbocycles. The standard InChI is InChI=1S/C50H40N4O2/c1-49(2)35-16-5-9-20-41(35)53(43-26-24-31(28-37(43)49)47-51-39-18-7-11-22-45(39)55-47)33-14-13-15-34(30-33)54-42-21-10-6-17-36(42)50(3,4)38-29-32(25-27-44(38)54)48-52-40-19-8-12-23-46(40)56-48/h5-29,33H,30H2,1-4H3. The van der Waals surface area contributed by atoms with Crippen LogP contribution in [0.4, 0.5) is 22.7 Å². The molecule has 6 aromatic carbocycles. The van der Waals surface area contributed by atoms with Crippen molar-refractivity contribution < 1.29 is 8.83 Å². The summed E-state index contributed by atoms with van der Waals surface area (Å²) in [4.78, 5) is 14.8. The van der Waals surface area contributed by atoms with E-state index in [9.17, 15) is 0 Å². The summed E-state index contributed by atoms with van der Waals surface area (Å²) in [6, 6.07) is 47.2. The van der Waals surface area contributed by atoms with Gasteiger partial charge in [0.05, 0.1) is 6.04 Å². The van der Waals surface area contributed by atoms with Crippen LogP contribution in [0.1, 0.15) is 56.4 Å². The molecule has 6 heteroatoms. The molecule has 0 N–H and O–H groups in total. The second-order valence-electron chi connectivity index (χ2n) is 16.2. The summed E-state index contributed by atoms with van der Waals surface area (Å²) in [5, 5.41) is 0. The van der Waals surface area contributed by atoms with Crippen molar-refractivity contribution in [1.29, 1.82) is 0 Å². The van der Waals surface area contributed by atoms with Crippen LogP contribution < -0.4 is 9.80 Å². The Morgan fingerprint density at radius 1 is 0.536 bits per heavy atom. The smallest absolute Gasteiger partial charge is 0.227 e. The first-order valence-electron chi connectivity index (χ1n) is 19.4. The largest absolute Gasteiger partial charge is 0.436 e. The lowest BCUT2D eigenvalue weighted by atomic mass is 9.72. The SMILES string of the molecule is CC1(C)c2ccccc2N(C2=CC=CC(N3c4ccccc4C(C)(C)c4cc(-c5nc6ccccc6o5)ccc43)C2)c2ccc(-c3nc4ccccc4o3)cc21. The van der Waals surface area contributed by atoms with Crippen LogP contribution >= 0.6 is 0 Å². The molecule has 0 saturated heterocycles. The lowest BCUT2D eigenvalue weighted by Gasteiger charge is -2.47. The molecule has 1 atom stereocenters. The normalized spacial score (nSPS) is 17.6. The van der Waals surface area contributed by atoms with E-state index in [0.29, 0.717) is 11.8 Å². The van der Waals surface area contributed by atoms with Gasteiger partial charge in [-0.15, -0.1) is 0 Å². The molecule has 4 heterocycles. The van der Waals surface area contributed by atoms with Gasteiger partial charge in [-0.25, -0.2) is 9.97 Å². The molecule has 8 aromatic rings. The summed E-state index contributed by atoms with van der Waals surface area (Å²) in [6.45, 7) is 9.32. The van der Waals surface area contributed by atoms with E-state index in [4.69, 9.17) is 18.8 Å². The van der Waals surface area contributed by atoms with E-state index in [-0.39, 0.29) is 16.9 Å². The Morgan fingerprint density at radius 2 is 1.02 bits per heavy atom. The highest BCUT2D eigenvalue weighted by atomic mass is 16.4. The number of nitrogens with zero attached hydrogens (tertiary/aromatic N) is 4. The van der Waals surface area contributed by atoms with Crippen LogP contribution in [0, 0.1) is 0 Å². The fraction of sp³-hybridized carbons (Fsp3) is 0.160. The number of rotatable bonds is 4. The molecule has 0 radical (unpaired) electrons. The van der Waals surface area contributed by atoms with Gasteiger partial charge in [-0.2, -0.15) is 0 Å². The summed E-state index contributed by atoms with van der Waals surface area (Å²) >= 11 is 0. The van der Waals surface area contributed by atoms with E-state index in [2.05, 4.69) is 141 Å². The Hall–Kier alpha value is -6.66. The third-order valence-corrected chi connectivity index (χ3v) is 12.2. The van der Waals surface area contributed by atoms with Gasteiger partial charge in [0.2, 0.25) is 11.8 Å². The molecule has 1 unspecified atom stereocenters. The van der Waals surface area contributed by atoms with E-state index >= 15 is 0 Å². The fourth-order valence-electron chi connectivity index (χ4n) is 9.35. The third kappa shape index (κ3) is 4.81. The number of aromatic nitrogens is 2. The quantitative estimate of drug-likeness (QED) is 0.180. The van der Waals surface area contributed by atoms with Crippen molar-refractivity contribution in [3.63, 3.8) is 0 Å². The van der Waals surface area contributed by atoms with E-state index in [1.165, 1.54) is 50.7 Å². The minimum atomic E-state index is -0.252.